The molecule has 1 aliphatic rings. The van der Waals surface area contributed by atoms with Gasteiger partial charge in [0.2, 0.25) is 0 Å². The van der Waals surface area contributed by atoms with Crippen molar-refractivity contribution in [1.82, 2.24) is 0 Å². The highest BCUT2D eigenvalue weighted by Gasteiger charge is 1.78. The van der Waals surface area contributed by atoms with E-state index in [1.807, 2.05) is 16.2 Å². The first-order chi connectivity index (χ1) is 3.00. The van der Waals surface area contributed by atoms with Crippen molar-refractivity contribution in [3.63, 3.8) is 0 Å². The molecule has 0 aromatic heterocycles. The summed E-state index contributed by atoms with van der Waals surface area (Å²) in [5, 5.41) is 8.92. The predicted octanol–water partition coefficient (Wildman–Crippen LogP) is 2.21. The topological polar surface area (TPSA) is 0 Å². The summed E-state index contributed by atoms with van der Waals surface area (Å²) < 4.78 is 0. The molecule has 0 saturated heterocycles. The van der Waals surface area contributed by atoms with E-state index in [9.17, 15) is 0 Å². The third-order valence-electron chi connectivity index (χ3n) is 0.386. The first kappa shape index (κ1) is 4.34. The molecule has 0 aromatic carbocycles. The highest BCUT2D eigenvalue weighted by atomic mass is 32.2. The van der Waals surface area contributed by atoms with Gasteiger partial charge in [0.05, 0.1) is 0 Å². The number of thioether (sulfide) groups is 2. The zero-order chi connectivity index (χ0) is 4.24. The number of rotatable bonds is 0. The van der Waals surface area contributed by atoms with Crippen LogP contribution in [0.15, 0.2) is 16.2 Å². The Morgan fingerprint density at radius 1 is 1.33 bits per heavy atom. The van der Waals surface area contributed by atoms with Crippen molar-refractivity contribution in [2.45, 2.75) is 0 Å². The van der Waals surface area contributed by atoms with Crippen LogP contribution in [0, 0.1) is 5.41 Å². The van der Waals surface area contributed by atoms with E-state index in [0.717, 1.165) is 0 Å². The second kappa shape index (κ2) is 2.37. The summed E-state index contributed by atoms with van der Waals surface area (Å²) in [4.78, 5) is 0. The molecular weight excluding hydrogens is 112 g/mol. The minimum Gasteiger partial charge on any atom is -0.104 e. The van der Waals surface area contributed by atoms with E-state index in [4.69, 9.17) is 0 Å². The van der Waals surface area contributed by atoms with Crippen molar-refractivity contribution in [3.05, 3.63) is 21.6 Å². The van der Waals surface area contributed by atoms with Crippen LogP contribution in [-0.2, 0) is 0 Å². The van der Waals surface area contributed by atoms with Crippen molar-refractivity contribution >= 4 is 23.5 Å². The lowest BCUT2D eigenvalue weighted by atomic mass is 11.2. The highest BCUT2D eigenvalue weighted by molar-refractivity contribution is 8.10. The normalized spacial score (nSPS) is 18.7. The lowest BCUT2D eigenvalue weighted by Gasteiger charge is -1.85. The van der Waals surface area contributed by atoms with E-state index in [1.54, 1.807) is 23.5 Å². The van der Waals surface area contributed by atoms with Crippen LogP contribution in [0.2, 0.25) is 0 Å². The third-order valence-corrected chi connectivity index (χ3v) is 1.78. The van der Waals surface area contributed by atoms with E-state index in [0.29, 0.717) is 0 Å². The minimum absolute atomic E-state index is 1.59. The standard InChI is InChI=1S/C4H3S2/c1-2-6-4-3-5-1/h1-3H. The van der Waals surface area contributed by atoms with Gasteiger partial charge < -0.3 is 0 Å². The molecular formula is C4H3S2. The fourth-order valence-corrected chi connectivity index (χ4v) is 1.27. The molecule has 1 rings (SSSR count). The van der Waals surface area contributed by atoms with Gasteiger partial charge in [-0.05, 0) is 16.2 Å². The van der Waals surface area contributed by atoms with Crippen molar-refractivity contribution in [3.8, 4) is 0 Å². The van der Waals surface area contributed by atoms with Gasteiger partial charge >= 0.3 is 0 Å². The molecule has 0 atom stereocenters. The lowest BCUT2D eigenvalue weighted by Crippen LogP contribution is -1.50. The maximum atomic E-state index is 2.95. The van der Waals surface area contributed by atoms with Gasteiger partial charge in [-0.3, -0.25) is 0 Å². The summed E-state index contributed by atoms with van der Waals surface area (Å²) in [7, 11) is 0. The van der Waals surface area contributed by atoms with Crippen molar-refractivity contribution in [2.24, 2.45) is 0 Å². The van der Waals surface area contributed by atoms with E-state index in [-0.39, 0.29) is 0 Å². The van der Waals surface area contributed by atoms with E-state index >= 15 is 0 Å². The van der Waals surface area contributed by atoms with Crippen molar-refractivity contribution in [2.75, 3.05) is 0 Å². The largest absolute Gasteiger partial charge is 0.104 e. The van der Waals surface area contributed by atoms with Crippen molar-refractivity contribution in [1.29, 1.82) is 0 Å². The van der Waals surface area contributed by atoms with Crippen LogP contribution in [0.25, 0.3) is 0 Å². The molecule has 6 heavy (non-hydrogen) atoms. The van der Waals surface area contributed by atoms with Gasteiger partial charge in [-0.1, -0.05) is 11.8 Å². The van der Waals surface area contributed by atoms with Crippen LogP contribution >= 0.6 is 23.5 Å². The lowest BCUT2D eigenvalue weighted by molar-refractivity contribution is 2.34. The molecule has 0 amide bonds. The smallest absolute Gasteiger partial charge is 0.0327 e. The summed E-state index contributed by atoms with van der Waals surface area (Å²) in [6.45, 7) is 0. The Bertz CT molecular complexity index is 63.5. The van der Waals surface area contributed by atoms with Gasteiger partial charge in [-0.25, -0.2) is 0 Å². The van der Waals surface area contributed by atoms with Gasteiger partial charge in [-0.2, -0.15) is 0 Å². The average molecular weight is 115 g/mol. The monoisotopic (exact) mass is 115 g/mol. The maximum Gasteiger partial charge on any atom is 0.0327 e. The summed E-state index contributed by atoms with van der Waals surface area (Å²) in [5.41, 5.74) is 0. The van der Waals surface area contributed by atoms with Crippen LogP contribution in [0.4, 0.5) is 0 Å². The van der Waals surface area contributed by atoms with Crippen molar-refractivity contribution < 1.29 is 0 Å². The Labute approximate surface area is 45.7 Å². The Balaban J connectivity index is 2.40. The molecule has 2 heteroatoms. The molecule has 0 aliphatic carbocycles. The SMILES string of the molecule is [C]1=CSC=CS1. The molecule has 0 unspecified atom stereocenters. The molecule has 0 spiro atoms. The molecule has 0 nitrogen and oxygen atoms in total. The Hall–Kier alpha value is 0.180. The van der Waals surface area contributed by atoms with E-state index in [2.05, 4.69) is 5.41 Å². The molecule has 31 valence electrons. The molecule has 1 aliphatic heterocycles. The molecule has 0 saturated carbocycles. The van der Waals surface area contributed by atoms with Gasteiger partial charge in [0.25, 0.3) is 0 Å². The zero-order valence-electron chi connectivity index (χ0n) is 3.05. The van der Waals surface area contributed by atoms with Crippen LogP contribution in [0.3, 0.4) is 0 Å². The second-order valence-corrected chi connectivity index (χ2v) is 2.29. The van der Waals surface area contributed by atoms with Crippen LogP contribution < -0.4 is 0 Å². The average Bonchev–Trinajstić information content (AvgIpc) is 1.72. The minimum atomic E-state index is 1.59. The van der Waals surface area contributed by atoms with Gasteiger partial charge in [-0.15, -0.1) is 11.8 Å². The second-order valence-electron chi connectivity index (χ2n) is 0.762. The van der Waals surface area contributed by atoms with Gasteiger partial charge in [0.15, 0.2) is 0 Å². The Morgan fingerprint density at radius 3 is 2.50 bits per heavy atom. The summed E-state index contributed by atoms with van der Waals surface area (Å²) in [5.74, 6) is 0. The highest BCUT2D eigenvalue weighted by Crippen LogP contribution is 2.17. The zero-order valence-corrected chi connectivity index (χ0v) is 4.68. The van der Waals surface area contributed by atoms with E-state index in [1.165, 1.54) is 0 Å². The summed E-state index contributed by atoms with van der Waals surface area (Å²) in [6.07, 6.45) is 0. The molecule has 1 heterocycles. The maximum absolute atomic E-state index is 2.95. The van der Waals surface area contributed by atoms with Crippen LogP contribution in [-0.4, -0.2) is 0 Å². The number of hydrogen-bond acceptors (Lipinski definition) is 2. The van der Waals surface area contributed by atoms with Crippen LogP contribution in [0.1, 0.15) is 0 Å². The molecule has 0 N–H and O–H groups in total. The first-order valence-electron chi connectivity index (χ1n) is 1.53. The summed E-state index contributed by atoms with van der Waals surface area (Å²) in [6, 6.07) is 0. The van der Waals surface area contributed by atoms with Gasteiger partial charge in [0.1, 0.15) is 0 Å². The van der Waals surface area contributed by atoms with E-state index < -0.39 is 0 Å². The fourth-order valence-electron chi connectivity index (χ4n) is 0.194. The Morgan fingerprint density at radius 2 is 2.33 bits per heavy atom. The molecule has 0 aromatic rings. The fraction of sp³-hybridized carbons (Fsp3) is 0. The first-order valence-corrected chi connectivity index (χ1v) is 3.36. The summed E-state index contributed by atoms with van der Waals surface area (Å²) >= 11 is 3.25. The molecule has 0 bridgehead atoms. The molecule has 1 radical (unpaired) electrons. The number of hydrogen-bond donors (Lipinski definition) is 0. The molecule has 0 fully saturated rings. The predicted molar refractivity (Wildman–Crippen MR) is 32.1 cm³/mol. The van der Waals surface area contributed by atoms with Gasteiger partial charge in [0, 0.05) is 5.41 Å². The quantitative estimate of drug-likeness (QED) is 0.474. The Kier molecular flexibility index (Phi) is 1.71. The van der Waals surface area contributed by atoms with Crippen LogP contribution in [0.5, 0.6) is 0 Å². The third kappa shape index (κ3) is 1.11.